The SMILES string of the molecule is CC(C)(Br)C(=O)NC1(CO)CC1. The standard InChI is InChI=1S/C8H14BrNO2/c1-7(2,9)6(12)10-8(5-11)3-4-8/h11H,3-5H2,1-2H3,(H,10,12). The van der Waals surface area contributed by atoms with Crippen molar-refractivity contribution < 1.29 is 9.90 Å². The molecule has 1 amide bonds. The van der Waals surface area contributed by atoms with E-state index in [9.17, 15) is 4.79 Å². The second-order valence-electron chi connectivity index (χ2n) is 3.87. The summed E-state index contributed by atoms with van der Waals surface area (Å²) < 4.78 is -0.544. The first-order valence-corrected chi connectivity index (χ1v) is 4.81. The summed E-state index contributed by atoms with van der Waals surface area (Å²) in [6, 6.07) is 0. The van der Waals surface area contributed by atoms with E-state index in [0.717, 1.165) is 12.8 Å². The number of carbonyl (C=O) groups is 1. The minimum absolute atomic E-state index is 0.0435. The zero-order valence-corrected chi connectivity index (χ0v) is 8.94. The molecule has 1 rings (SSSR count). The topological polar surface area (TPSA) is 49.3 Å². The maximum absolute atomic E-state index is 11.4. The van der Waals surface area contributed by atoms with E-state index in [1.165, 1.54) is 0 Å². The van der Waals surface area contributed by atoms with Crippen molar-refractivity contribution in [3.63, 3.8) is 0 Å². The van der Waals surface area contributed by atoms with Crippen molar-refractivity contribution in [1.29, 1.82) is 0 Å². The van der Waals surface area contributed by atoms with E-state index in [1.54, 1.807) is 13.8 Å². The Morgan fingerprint density at radius 2 is 2.17 bits per heavy atom. The molecule has 1 fully saturated rings. The third-order valence-electron chi connectivity index (χ3n) is 2.07. The number of alkyl halides is 1. The summed E-state index contributed by atoms with van der Waals surface area (Å²) in [5.74, 6) is -0.0611. The van der Waals surface area contributed by atoms with Gasteiger partial charge < -0.3 is 10.4 Å². The molecule has 0 unspecified atom stereocenters. The summed E-state index contributed by atoms with van der Waals surface area (Å²) in [6.45, 7) is 3.62. The molecule has 70 valence electrons. The summed E-state index contributed by atoms with van der Waals surface area (Å²) in [5.41, 5.74) is -0.303. The number of hydrogen-bond acceptors (Lipinski definition) is 2. The molecule has 0 aromatic rings. The number of carbonyl (C=O) groups excluding carboxylic acids is 1. The highest BCUT2D eigenvalue weighted by Gasteiger charge is 2.45. The number of hydrogen-bond donors (Lipinski definition) is 2. The number of nitrogens with one attached hydrogen (secondary N) is 1. The van der Waals surface area contributed by atoms with E-state index in [2.05, 4.69) is 21.2 Å². The Bertz CT molecular complexity index is 194. The lowest BCUT2D eigenvalue weighted by atomic mass is 10.2. The van der Waals surface area contributed by atoms with Gasteiger partial charge in [-0.3, -0.25) is 4.79 Å². The zero-order valence-electron chi connectivity index (χ0n) is 7.35. The molecule has 0 bridgehead atoms. The van der Waals surface area contributed by atoms with Crippen LogP contribution in [0.5, 0.6) is 0 Å². The Labute approximate surface area is 80.7 Å². The third-order valence-corrected chi connectivity index (χ3v) is 2.43. The molecule has 0 heterocycles. The summed E-state index contributed by atoms with van der Waals surface area (Å²) in [4.78, 5) is 11.4. The summed E-state index contributed by atoms with van der Waals surface area (Å²) in [7, 11) is 0. The molecule has 3 nitrogen and oxygen atoms in total. The molecule has 1 aliphatic carbocycles. The Hall–Kier alpha value is -0.0900. The maximum atomic E-state index is 11.4. The molecular weight excluding hydrogens is 222 g/mol. The molecule has 0 spiro atoms. The summed E-state index contributed by atoms with van der Waals surface area (Å²) >= 11 is 3.26. The van der Waals surface area contributed by atoms with E-state index in [4.69, 9.17) is 5.11 Å². The van der Waals surface area contributed by atoms with Crippen molar-refractivity contribution in [1.82, 2.24) is 5.32 Å². The normalized spacial score (nSPS) is 20.3. The van der Waals surface area contributed by atoms with Crippen LogP contribution >= 0.6 is 15.9 Å². The van der Waals surface area contributed by atoms with Crippen molar-refractivity contribution in [3.05, 3.63) is 0 Å². The van der Waals surface area contributed by atoms with Gasteiger partial charge in [-0.15, -0.1) is 0 Å². The second kappa shape index (κ2) is 3.00. The molecule has 0 atom stereocenters. The fourth-order valence-electron chi connectivity index (χ4n) is 0.863. The molecule has 0 saturated heterocycles. The predicted molar refractivity (Wildman–Crippen MR) is 50.2 cm³/mol. The average Bonchev–Trinajstić information content (AvgIpc) is 2.67. The fraction of sp³-hybridized carbons (Fsp3) is 0.875. The van der Waals surface area contributed by atoms with Crippen LogP contribution in [0.25, 0.3) is 0 Å². The highest BCUT2D eigenvalue weighted by Crippen LogP contribution is 2.35. The average molecular weight is 236 g/mol. The molecule has 0 aliphatic heterocycles. The van der Waals surface area contributed by atoms with E-state index in [0.29, 0.717) is 0 Å². The van der Waals surface area contributed by atoms with Crippen molar-refractivity contribution in [3.8, 4) is 0 Å². The van der Waals surface area contributed by atoms with Crippen LogP contribution in [-0.4, -0.2) is 27.5 Å². The van der Waals surface area contributed by atoms with Gasteiger partial charge in [0.2, 0.25) is 5.91 Å². The first-order chi connectivity index (χ1) is 5.40. The second-order valence-corrected chi connectivity index (χ2v) is 5.85. The van der Waals surface area contributed by atoms with E-state index in [1.807, 2.05) is 0 Å². The molecular formula is C8H14BrNO2. The highest BCUT2D eigenvalue weighted by molar-refractivity contribution is 9.10. The van der Waals surface area contributed by atoms with E-state index in [-0.39, 0.29) is 18.1 Å². The van der Waals surface area contributed by atoms with E-state index >= 15 is 0 Å². The molecule has 4 heteroatoms. The van der Waals surface area contributed by atoms with Crippen molar-refractivity contribution in [2.75, 3.05) is 6.61 Å². The number of amides is 1. The van der Waals surface area contributed by atoms with Crippen LogP contribution in [-0.2, 0) is 4.79 Å². The number of aliphatic hydroxyl groups is 1. The monoisotopic (exact) mass is 235 g/mol. The van der Waals surface area contributed by atoms with Gasteiger partial charge in [0.25, 0.3) is 0 Å². The molecule has 1 aliphatic rings. The number of halogens is 1. The Morgan fingerprint density at radius 3 is 2.42 bits per heavy atom. The van der Waals surface area contributed by atoms with Gasteiger partial charge in [0, 0.05) is 0 Å². The van der Waals surface area contributed by atoms with Gasteiger partial charge >= 0.3 is 0 Å². The van der Waals surface area contributed by atoms with Gasteiger partial charge in [0.1, 0.15) is 0 Å². The number of aliphatic hydroxyl groups excluding tert-OH is 1. The fourth-order valence-corrected chi connectivity index (χ4v) is 0.962. The van der Waals surface area contributed by atoms with Crippen LogP contribution in [0.2, 0.25) is 0 Å². The smallest absolute Gasteiger partial charge is 0.236 e. The summed E-state index contributed by atoms with van der Waals surface area (Å²) in [6.07, 6.45) is 1.77. The molecule has 1 saturated carbocycles. The highest BCUT2D eigenvalue weighted by atomic mass is 79.9. The predicted octanol–water partition coefficient (Wildman–Crippen LogP) is 0.801. The Morgan fingerprint density at radius 1 is 1.67 bits per heavy atom. The summed E-state index contributed by atoms with van der Waals surface area (Å²) in [5, 5.41) is 11.8. The quantitative estimate of drug-likeness (QED) is 0.712. The van der Waals surface area contributed by atoms with Crippen LogP contribution < -0.4 is 5.32 Å². The van der Waals surface area contributed by atoms with Crippen LogP contribution in [0.4, 0.5) is 0 Å². The molecule has 0 radical (unpaired) electrons. The largest absolute Gasteiger partial charge is 0.394 e. The van der Waals surface area contributed by atoms with Gasteiger partial charge in [-0.05, 0) is 26.7 Å². The van der Waals surface area contributed by atoms with Gasteiger partial charge in [0.15, 0.2) is 0 Å². The lowest BCUT2D eigenvalue weighted by Gasteiger charge is -2.21. The van der Waals surface area contributed by atoms with Crippen molar-refractivity contribution >= 4 is 21.8 Å². The molecule has 12 heavy (non-hydrogen) atoms. The van der Waals surface area contributed by atoms with Crippen molar-refractivity contribution in [2.24, 2.45) is 0 Å². The first-order valence-electron chi connectivity index (χ1n) is 4.02. The number of rotatable bonds is 3. The van der Waals surface area contributed by atoms with Crippen LogP contribution in [0.1, 0.15) is 26.7 Å². The van der Waals surface area contributed by atoms with Gasteiger partial charge in [-0.1, -0.05) is 15.9 Å². The molecule has 0 aromatic heterocycles. The van der Waals surface area contributed by atoms with Crippen LogP contribution in [0.15, 0.2) is 0 Å². The third kappa shape index (κ3) is 2.20. The van der Waals surface area contributed by atoms with Gasteiger partial charge in [-0.2, -0.15) is 0 Å². The Kier molecular flexibility index (Phi) is 2.50. The minimum Gasteiger partial charge on any atom is -0.394 e. The van der Waals surface area contributed by atoms with Gasteiger partial charge in [-0.25, -0.2) is 0 Å². The zero-order chi connectivity index (χ0) is 9.41. The first kappa shape index (κ1) is 9.99. The minimum atomic E-state index is -0.544. The van der Waals surface area contributed by atoms with Crippen LogP contribution in [0.3, 0.4) is 0 Å². The van der Waals surface area contributed by atoms with Crippen molar-refractivity contribution in [2.45, 2.75) is 36.6 Å². The lowest BCUT2D eigenvalue weighted by Crippen LogP contribution is -2.46. The Balaban J connectivity index is 2.47. The van der Waals surface area contributed by atoms with E-state index < -0.39 is 4.32 Å². The molecule has 0 aromatic carbocycles. The molecule has 2 N–H and O–H groups in total. The van der Waals surface area contributed by atoms with Crippen LogP contribution in [0, 0.1) is 0 Å². The lowest BCUT2D eigenvalue weighted by molar-refractivity contribution is -0.123. The maximum Gasteiger partial charge on any atom is 0.236 e. The van der Waals surface area contributed by atoms with Gasteiger partial charge in [0.05, 0.1) is 16.5 Å².